The molecule has 0 aliphatic carbocycles. The van der Waals surface area contributed by atoms with Crippen molar-refractivity contribution in [2.24, 2.45) is 0 Å². The van der Waals surface area contributed by atoms with Crippen LogP contribution in [0.4, 0.5) is 14.5 Å². The zero-order valence-electron chi connectivity index (χ0n) is 9.72. The van der Waals surface area contributed by atoms with Crippen LogP contribution in [-0.2, 0) is 6.54 Å². The van der Waals surface area contributed by atoms with Crippen LogP contribution in [-0.4, -0.2) is 32.6 Å². The van der Waals surface area contributed by atoms with Gasteiger partial charge in [-0.1, -0.05) is 21.1 Å². The number of nitrogens with zero attached hydrogens (tertiary/aromatic N) is 3. The first-order valence-corrected chi connectivity index (χ1v) is 6.14. The van der Waals surface area contributed by atoms with Crippen molar-refractivity contribution in [3.05, 3.63) is 28.9 Å². The van der Waals surface area contributed by atoms with E-state index in [1.807, 2.05) is 0 Å². The fourth-order valence-electron chi connectivity index (χ4n) is 1.56. The number of nitrogens with two attached hydrogens (primary N) is 1. The van der Waals surface area contributed by atoms with E-state index in [-0.39, 0.29) is 0 Å². The summed E-state index contributed by atoms with van der Waals surface area (Å²) in [4.78, 5) is 0. The maximum absolute atomic E-state index is 13.0. The molecule has 1 aromatic heterocycles. The molecule has 0 saturated heterocycles. The van der Waals surface area contributed by atoms with Crippen LogP contribution in [0.1, 0.15) is 0 Å². The van der Waals surface area contributed by atoms with Crippen LogP contribution in [0.15, 0.2) is 28.9 Å². The molecule has 0 radical (unpaired) electrons. The molecule has 0 bridgehead atoms. The number of hydrogen-bond donors (Lipinski definition) is 2. The van der Waals surface area contributed by atoms with Crippen molar-refractivity contribution in [3.63, 3.8) is 0 Å². The Hall–Kier alpha value is -1.54. The van der Waals surface area contributed by atoms with E-state index < -0.39 is 19.1 Å². The quantitative estimate of drug-likeness (QED) is 0.838. The van der Waals surface area contributed by atoms with E-state index in [1.165, 1.54) is 6.20 Å². The van der Waals surface area contributed by atoms with E-state index in [0.717, 1.165) is 9.15 Å². The molecule has 0 saturated carbocycles. The second-order valence-corrected chi connectivity index (χ2v) is 5.00. The summed E-state index contributed by atoms with van der Waals surface area (Å²) >= 11 is 3.29. The highest BCUT2D eigenvalue weighted by Crippen LogP contribution is 2.25. The number of nitrogen functional groups attached to an aromatic ring is 1. The van der Waals surface area contributed by atoms with E-state index in [2.05, 4.69) is 26.2 Å². The third-order valence-electron chi connectivity index (χ3n) is 2.38. The molecule has 0 spiro atoms. The Morgan fingerprint density at radius 3 is 2.74 bits per heavy atom. The number of hydrogen-bond acceptors (Lipinski definition) is 4. The Kier molecular flexibility index (Phi) is 3.81. The lowest BCUT2D eigenvalue weighted by atomic mass is 10.1. The standard InChI is InChI=1S/C11H11BrF2N4O/c12-8-1-7(2-9(15)3-8)10-4-18(17-16-10)5-11(13,14)6-19/h1-4,19H,5-6,15H2. The summed E-state index contributed by atoms with van der Waals surface area (Å²) in [5, 5.41) is 15.9. The van der Waals surface area contributed by atoms with Gasteiger partial charge >= 0.3 is 0 Å². The van der Waals surface area contributed by atoms with E-state index >= 15 is 0 Å². The van der Waals surface area contributed by atoms with E-state index in [1.54, 1.807) is 18.2 Å². The number of benzene rings is 1. The monoisotopic (exact) mass is 332 g/mol. The summed E-state index contributed by atoms with van der Waals surface area (Å²) < 4.78 is 27.8. The van der Waals surface area contributed by atoms with Crippen molar-refractivity contribution in [2.45, 2.75) is 12.5 Å². The van der Waals surface area contributed by atoms with E-state index in [9.17, 15) is 8.78 Å². The molecule has 2 aromatic rings. The number of aliphatic hydroxyl groups excluding tert-OH is 1. The van der Waals surface area contributed by atoms with Gasteiger partial charge in [0.2, 0.25) is 0 Å². The molecule has 8 heteroatoms. The molecule has 0 fully saturated rings. The predicted octanol–water partition coefficient (Wildman–Crippen LogP) is 1.92. The highest BCUT2D eigenvalue weighted by molar-refractivity contribution is 9.10. The molecule has 0 unspecified atom stereocenters. The van der Waals surface area contributed by atoms with Crippen LogP contribution in [0.5, 0.6) is 0 Å². The zero-order chi connectivity index (χ0) is 14.0. The first-order valence-electron chi connectivity index (χ1n) is 5.35. The van der Waals surface area contributed by atoms with Crippen LogP contribution >= 0.6 is 15.9 Å². The minimum atomic E-state index is -3.22. The summed E-state index contributed by atoms with van der Waals surface area (Å²) in [5.41, 5.74) is 7.32. The molecule has 3 N–H and O–H groups in total. The molecule has 0 amide bonds. The fraction of sp³-hybridized carbons (Fsp3) is 0.273. The minimum Gasteiger partial charge on any atom is -0.399 e. The van der Waals surface area contributed by atoms with Crippen LogP contribution in [0.25, 0.3) is 11.3 Å². The zero-order valence-corrected chi connectivity index (χ0v) is 11.3. The molecule has 102 valence electrons. The normalized spacial score (nSPS) is 11.8. The Labute approximate surface area is 116 Å². The van der Waals surface area contributed by atoms with Crippen LogP contribution in [0.3, 0.4) is 0 Å². The van der Waals surface area contributed by atoms with Gasteiger partial charge in [0.1, 0.15) is 18.8 Å². The van der Waals surface area contributed by atoms with Gasteiger partial charge in [-0.2, -0.15) is 0 Å². The molecule has 5 nitrogen and oxygen atoms in total. The summed E-state index contributed by atoms with van der Waals surface area (Å²) in [6.07, 6.45) is 1.38. The molecule has 19 heavy (non-hydrogen) atoms. The van der Waals surface area contributed by atoms with Gasteiger partial charge in [0.05, 0.1) is 6.20 Å². The smallest absolute Gasteiger partial charge is 0.289 e. The van der Waals surface area contributed by atoms with Crippen molar-refractivity contribution < 1.29 is 13.9 Å². The molecule has 0 aliphatic heterocycles. The second-order valence-electron chi connectivity index (χ2n) is 4.09. The molecule has 0 atom stereocenters. The van der Waals surface area contributed by atoms with Crippen LogP contribution in [0, 0.1) is 0 Å². The van der Waals surface area contributed by atoms with Crippen LogP contribution in [0.2, 0.25) is 0 Å². The summed E-state index contributed by atoms with van der Waals surface area (Å²) in [6, 6.07) is 5.14. The van der Waals surface area contributed by atoms with Crippen molar-refractivity contribution in [1.82, 2.24) is 15.0 Å². The number of rotatable bonds is 4. The second kappa shape index (κ2) is 5.22. The van der Waals surface area contributed by atoms with Gasteiger partial charge in [-0.05, 0) is 18.2 Å². The highest BCUT2D eigenvalue weighted by atomic mass is 79.9. The minimum absolute atomic E-state index is 0.432. The molecular weight excluding hydrogens is 322 g/mol. The van der Waals surface area contributed by atoms with E-state index in [4.69, 9.17) is 10.8 Å². The Morgan fingerprint density at radius 2 is 2.11 bits per heavy atom. The van der Waals surface area contributed by atoms with Gasteiger partial charge in [0, 0.05) is 15.7 Å². The first-order chi connectivity index (χ1) is 8.89. The Balaban J connectivity index is 2.25. The molecular formula is C11H11BrF2N4O. The average Bonchev–Trinajstić information content (AvgIpc) is 2.75. The van der Waals surface area contributed by atoms with Gasteiger partial charge in [-0.15, -0.1) is 5.10 Å². The molecule has 0 aliphatic rings. The maximum Gasteiger partial charge on any atom is 0.289 e. The molecule has 1 heterocycles. The highest BCUT2D eigenvalue weighted by Gasteiger charge is 2.29. The number of aliphatic hydroxyl groups is 1. The predicted molar refractivity (Wildman–Crippen MR) is 69.6 cm³/mol. The lowest BCUT2D eigenvalue weighted by molar-refractivity contribution is -0.0655. The Bertz CT molecular complexity index is 568. The lowest BCUT2D eigenvalue weighted by Gasteiger charge is -2.11. The summed E-state index contributed by atoms with van der Waals surface area (Å²) in [7, 11) is 0. The third-order valence-corrected chi connectivity index (χ3v) is 2.84. The van der Waals surface area contributed by atoms with Crippen molar-refractivity contribution in [2.75, 3.05) is 12.3 Å². The fourth-order valence-corrected chi connectivity index (χ4v) is 2.07. The van der Waals surface area contributed by atoms with Gasteiger partial charge in [0.15, 0.2) is 0 Å². The number of aromatic nitrogens is 3. The summed E-state index contributed by atoms with van der Waals surface area (Å²) in [5.74, 6) is -3.22. The lowest BCUT2D eigenvalue weighted by Crippen LogP contribution is -2.28. The third kappa shape index (κ3) is 3.48. The topological polar surface area (TPSA) is 77.0 Å². The van der Waals surface area contributed by atoms with Gasteiger partial charge in [-0.3, -0.25) is 0 Å². The van der Waals surface area contributed by atoms with Gasteiger partial charge in [-0.25, -0.2) is 13.5 Å². The Morgan fingerprint density at radius 1 is 1.37 bits per heavy atom. The van der Waals surface area contributed by atoms with Crippen LogP contribution < -0.4 is 5.73 Å². The maximum atomic E-state index is 13.0. The summed E-state index contributed by atoms with van der Waals surface area (Å²) in [6.45, 7) is -1.95. The molecule has 2 rings (SSSR count). The molecule has 1 aromatic carbocycles. The van der Waals surface area contributed by atoms with E-state index in [0.29, 0.717) is 16.9 Å². The average molecular weight is 333 g/mol. The largest absolute Gasteiger partial charge is 0.399 e. The van der Waals surface area contributed by atoms with Gasteiger partial charge in [0.25, 0.3) is 5.92 Å². The first kappa shape index (κ1) is 13.9. The SMILES string of the molecule is Nc1cc(Br)cc(-c2cn(CC(F)(F)CO)nn2)c1. The number of anilines is 1. The van der Waals surface area contributed by atoms with Gasteiger partial charge < -0.3 is 10.8 Å². The van der Waals surface area contributed by atoms with Crippen molar-refractivity contribution >= 4 is 21.6 Å². The number of alkyl halides is 2. The van der Waals surface area contributed by atoms with Crippen molar-refractivity contribution in [3.8, 4) is 11.3 Å². The number of halogens is 3. The van der Waals surface area contributed by atoms with Crippen molar-refractivity contribution in [1.29, 1.82) is 0 Å².